The predicted molar refractivity (Wildman–Crippen MR) is 90.9 cm³/mol. The fraction of sp³-hybridized carbons (Fsp3) is 0.412. The van der Waals surface area contributed by atoms with Crippen LogP contribution in [0.25, 0.3) is 11.0 Å². The van der Waals surface area contributed by atoms with Crippen LogP contribution in [0.2, 0.25) is 0 Å². The summed E-state index contributed by atoms with van der Waals surface area (Å²) in [5.74, 6) is 0.998. The van der Waals surface area contributed by atoms with E-state index in [9.17, 15) is 4.79 Å². The first-order valence-corrected chi connectivity index (χ1v) is 8.34. The molecule has 130 valence electrons. The summed E-state index contributed by atoms with van der Waals surface area (Å²) in [5, 5.41) is 10.6. The molecular formula is C17H20N6O2. The van der Waals surface area contributed by atoms with Crippen molar-refractivity contribution in [2.24, 2.45) is 0 Å². The van der Waals surface area contributed by atoms with E-state index >= 15 is 0 Å². The van der Waals surface area contributed by atoms with Crippen LogP contribution in [0.3, 0.4) is 0 Å². The Morgan fingerprint density at radius 3 is 3.00 bits per heavy atom. The summed E-state index contributed by atoms with van der Waals surface area (Å²) in [6, 6.07) is 7.87. The van der Waals surface area contributed by atoms with Crippen LogP contribution in [0.15, 0.2) is 30.5 Å². The first-order chi connectivity index (χ1) is 12.2. The molecule has 8 heteroatoms. The van der Waals surface area contributed by atoms with Crippen LogP contribution in [0.5, 0.6) is 0 Å². The summed E-state index contributed by atoms with van der Waals surface area (Å²) in [6.45, 7) is 1.18. The molecule has 0 unspecified atom stereocenters. The number of hydrogen-bond acceptors (Lipinski definition) is 5. The van der Waals surface area contributed by atoms with Gasteiger partial charge in [0.05, 0.1) is 34.9 Å². The lowest BCUT2D eigenvalue weighted by molar-refractivity contribution is -0.130. The third-order valence-corrected chi connectivity index (χ3v) is 4.75. The van der Waals surface area contributed by atoms with Crippen molar-refractivity contribution < 1.29 is 9.53 Å². The molecule has 3 heterocycles. The van der Waals surface area contributed by atoms with Crippen LogP contribution in [0.1, 0.15) is 23.9 Å². The minimum Gasteiger partial charge on any atom is -0.379 e. The quantitative estimate of drug-likeness (QED) is 0.728. The van der Waals surface area contributed by atoms with E-state index in [0.717, 1.165) is 22.6 Å². The molecule has 2 atom stereocenters. The van der Waals surface area contributed by atoms with Gasteiger partial charge in [0, 0.05) is 33.0 Å². The molecule has 3 aromatic rings. The summed E-state index contributed by atoms with van der Waals surface area (Å²) < 4.78 is 5.54. The number of imidazole rings is 1. The second kappa shape index (κ2) is 6.64. The Hall–Kier alpha value is -2.74. The lowest BCUT2D eigenvalue weighted by Gasteiger charge is -2.15. The summed E-state index contributed by atoms with van der Waals surface area (Å²) in [7, 11) is 1.67. The third kappa shape index (κ3) is 3.12. The Balaban J connectivity index is 1.39. The number of para-hydroxylation sites is 2. The van der Waals surface area contributed by atoms with E-state index in [1.54, 1.807) is 13.3 Å². The molecule has 0 saturated carbocycles. The van der Waals surface area contributed by atoms with E-state index in [4.69, 9.17) is 4.74 Å². The van der Waals surface area contributed by atoms with Gasteiger partial charge in [0.2, 0.25) is 5.91 Å². The van der Waals surface area contributed by atoms with Crippen molar-refractivity contribution in [3.8, 4) is 0 Å². The zero-order valence-corrected chi connectivity index (χ0v) is 14.0. The van der Waals surface area contributed by atoms with E-state index in [2.05, 4.69) is 25.4 Å². The van der Waals surface area contributed by atoms with Gasteiger partial charge in [0.25, 0.3) is 0 Å². The van der Waals surface area contributed by atoms with Gasteiger partial charge in [-0.2, -0.15) is 15.4 Å². The lowest BCUT2D eigenvalue weighted by atomic mass is 10.0. The van der Waals surface area contributed by atoms with Gasteiger partial charge in [-0.1, -0.05) is 12.1 Å². The molecule has 0 spiro atoms. The van der Waals surface area contributed by atoms with Crippen molar-refractivity contribution in [3.05, 3.63) is 42.0 Å². The third-order valence-electron chi connectivity index (χ3n) is 4.75. The number of carbonyl (C=O) groups excluding carboxylic acids is 1. The highest BCUT2D eigenvalue weighted by molar-refractivity contribution is 5.78. The van der Waals surface area contributed by atoms with Gasteiger partial charge in [-0.25, -0.2) is 4.98 Å². The van der Waals surface area contributed by atoms with Crippen molar-refractivity contribution in [1.82, 2.24) is 30.3 Å². The molecule has 2 aromatic heterocycles. The predicted octanol–water partition coefficient (Wildman–Crippen LogP) is 1.25. The number of rotatable bonds is 5. The highest BCUT2D eigenvalue weighted by Gasteiger charge is 2.37. The summed E-state index contributed by atoms with van der Waals surface area (Å²) in [6.07, 6.45) is 2.65. The number of ether oxygens (including phenoxy) is 1. The molecule has 2 N–H and O–H groups in total. The number of fused-ring (bicyclic) bond motifs is 1. The minimum absolute atomic E-state index is 0.0545. The molecule has 1 aliphatic heterocycles. The molecule has 8 nitrogen and oxygen atoms in total. The zero-order chi connectivity index (χ0) is 17.2. The van der Waals surface area contributed by atoms with Gasteiger partial charge < -0.3 is 14.6 Å². The molecule has 25 heavy (non-hydrogen) atoms. The maximum absolute atomic E-state index is 12.6. The molecule has 0 radical (unpaired) electrons. The second-order valence-corrected chi connectivity index (χ2v) is 6.27. The number of aromatic nitrogens is 5. The molecule has 1 aliphatic rings. The Labute approximate surface area is 144 Å². The number of benzene rings is 1. The number of likely N-dealkylation sites (tertiary alicyclic amines) is 1. The van der Waals surface area contributed by atoms with Gasteiger partial charge >= 0.3 is 0 Å². The zero-order valence-electron chi connectivity index (χ0n) is 14.0. The van der Waals surface area contributed by atoms with Gasteiger partial charge in [-0.15, -0.1) is 0 Å². The van der Waals surface area contributed by atoms with E-state index in [0.29, 0.717) is 25.9 Å². The number of hydrogen-bond donors (Lipinski definition) is 2. The molecule has 4 rings (SSSR count). The topological polar surface area (TPSA) is 99.8 Å². The summed E-state index contributed by atoms with van der Waals surface area (Å²) in [5.41, 5.74) is 2.76. The Morgan fingerprint density at radius 1 is 1.36 bits per heavy atom. The number of nitrogens with zero attached hydrogens (tertiary/aromatic N) is 4. The molecule has 1 aromatic carbocycles. The lowest BCUT2D eigenvalue weighted by Crippen LogP contribution is -2.30. The average molecular weight is 340 g/mol. The van der Waals surface area contributed by atoms with Crippen LogP contribution >= 0.6 is 0 Å². The van der Waals surface area contributed by atoms with Crippen LogP contribution < -0.4 is 0 Å². The van der Waals surface area contributed by atoms with Crippen molar-refractivity contribution in [3.63, 3.8) is 0 Å². The monoisotopic (exact) mass is 340 g/mol. The maximum atomic E-state index is 12.6. The first kappa shape index (κ1) is 15.8. The minimum atomic E-state index is -0.0553. The fourth-order valence-electron chi connectivity index (χ4n) is 3.40. The van der Waals surface area contributed by atoms with E-state index in [-0.39, 0.29) is 17.9 Å². The largest absolute Gasteiger partial charge is 0.379 e. The van der Waals surface area contributed by atoms with Gasteiger partial charge in [0.15, 0.2) is 0 Å². The van der Waals surface area contributed by atoms with E-state index in [1.807, 2.05) is 29.2 Å². The second-order valence-electron chi connectivity index (χ2n) is 6.27. The number of aromatic amines is 2. The smallest absolute Gasteiger partial charge is 0.223 e. The maximum Gasteiger partial charge on any atom is 0.223 e. The van der Waals surface area contributed by atoms with Crippen molar-refractivity contribution in [1.29, 1.82) is 0 Å². The number of amides is 1. The Bertz CT molecular complexity index is 826. The molecular weight excluding hydrogens is 320 g/mol. The summed E-state index contributed by atoms with van der Waals surface area (Å²) >= 11 is 0. The number of methoxy groups -OCH3 is 1. The molecule has 0 bridgehead atoms. The molecule has 1 amide bonds. The fourth-order valence-corrected chi connectivity index (χ4v) is 3.40. The van der Waals surface area contributed by atoms with Crippen LogP contribution in [-0.2, 0) is 16.0 Å². The standard InChI is InChI=1S/C17H20N6O2/c1-25-15-10-23(9-11(15)14-8-18-22-21-14)17(24)7-6-16-19-12-4-2-3-5-13(12)20-16/h2-5,8,11,15H,6-7,9-10H2,1H3,(H,19,20)(H,18,21,22)/t11-,15+/m0/s1. The van der Waals surface area contributed by atoms with E-state index in [1.165, 1.54) is 0 Å². The highest BCUT2D eigenvalue weighted by atomic mass is 16.5. The number of nitrogens with one attached hydrogen (secondary N) is 2. The van der Waals surface area contributed by atoms with Crippen LogP contribution in [0.4, 0.5) is 0 Å². The van der Waals surface area contributed by atoms with Crippen LogP contribution in [-0.4, -0.2) is 62.5 Å². The number of H-pyrrole nitrogens is 2. The highest BCUT2D eigenvalue weighted by Crippen LogP contribution is 2.28. The first-order valence-electron chi connectivity index (χ1n) is 8.34. The van der Waals surface area contributed by atoms with Crippen LogP contribution in [0, 0.1) is 0 Å². The molecule has 1 fully saturated rings. The number of aryl methyl sites for hydroxylation is 1. The summed E-state index contributed by atoms with van der Waals surface area (Å²) in [4.78, 5) is 22.2. The van der Waals surface area contributed by atoms with Gasteiger partial charge in [0.1, 0.15) is 5.82 Å². The van der Waals surface area contributed by atoms with Crippen molar-refractivity contribution >= 4 is 16.9 Å². The van der Waals surface area contributed by atoms with Crippen molar-refractivity contribution in [2.45, 2.75) is 24.9 Å². The SMILES string of the molecule is CO[C@@H]1CN(C(=O)CCc2nc3ccccc3[nH]2)C[C@H]1c1cn[nH]n1. The Kier molecular flexibility index (Phi) is 4.19. The van der Waals surface area contributed by atoms with Gasteiger partial charge in [-0.3, -0.25) is 4.79 Å². The molecule has 0 aliphatic carbocycles. The molecule has 1 saturated heterocycles. The normalized spacial score (nSPS) is 20.4. The average Bonchev–Trinajstić information content (AvgIpc) is 3.37. The van der Waals surface area contributed by atoms with Gasteiger partial charge in [-0.05, 0) is 12.1 Å². The van der Waals surface area contributed by atoms with Crippen molar-refractivity contribution in [2.75, 3.05) is 20.2 Å². The Morgan fingerprint density at radius 2 is 2.24 bits per heavy atom. The number of carbonyl (C=O) groups is 1. The van der Waals surface area contributed by atoms with E-state index < -0.39 is 0 Å².